The smallest absolute Gasteiger partial charge is 0.344 e. The molecule has 0 aliphatic heterocycles. The van der Waals surface area contributed by atoms with Gasteiger partial charge in [-0.3, -0.25) is 0 Å². The lowest BCUT2D eigenvalue weighted by molar-refractivity contribution is -0.145. The van der Waals surface area contributed by atoms with Crippen molar-refractivity contribution in [3.63, 3.8) is 0 Å². The van der Waals surface area contributed by atoms with Crippen LogP contribution in [0.5, 0.6) is 5.75 Å². The van der Waals surface area contributed by atoms with Gasteiger partial charge in [-0.25, -0.2) is 18.6 Å². The number of fused-ring (bicyclic) bond motifs is 1. The number of carbonyl (C=O) groups is 1. The number of aromatic nitrogens is 1. The van der Waals surface area contributed by atoms with E-state index in [2.05, 4.69) is 4.98 Å². The molecule has 2 unspecified atom stereocenters. The van der Waals surface area contributed by atoms with Gasteiger partial charge >= 0.3 is 5.97 Å². The van der Waals surface area contributed by atoms with E-state index in [0.29, 0.717) is 34.3 Å². The number of rotatable bonds is 10. The van der Waals surface area contributed by atoms with Gasteiger partial charge in [-0.2, -0.15) is 0 Å². The Labute approximate surface area is 214 Å². The van der Waals surface area contributed by atoms with E-state index in [0.717, 1.165) is 36.1 Å². The first-order valence-electron chi connectivity index (χ1n) is 12.1. The molecular weight excluding hydrogens is 474 g/mol. The van der Waals surface area contributed by atoms with Gasteiger partial charge in [-0.15, -0.1) is 0 Å². The fraction of sp³-hybridized carbons (Fsp3) is 0.200. The minimum Gasteiger partial charge on any atom is -0.479 e. The third-order valence-corrected chi connectivity index (χ3v) is 6.09. The van der Waals surface area contributed by atoms with Crippen molar-refractivity contribution >= 4 is 29.0 Å². The molecule has 0 saturated heterocycles. The molecule has 2 atom stereocenters. The van der Waals surface area contributed by atoms with Crippen molar-refractivity contribution in [3.8, 4) is 5.75 Å². The highest BCUT2D eigenvalue weighted by Crippen LogP contribution is 2.30. The number of pyridine rings is 1. The number of carboxylic acids is 1. The summed E-state index contributed by atoms with van der Waals surface area (Å²) in [6.07, 6.45) is 4.74. The topological polar surface area (TPSA) is 85.4 Å². The number of halogens is 2. The van der Waals surface area contributed by atoms with Gasteiger partial charge in [0.1, 0.15) is 5.75 Å². The van der Waals surface area contributed by atoms with Gasteiger partial charge in [0.25, 0.3) is 0 Å². The van der Waals surface area contributed by atoms with E-state index < -0.39 is 29.7 Å². The van der Waals surface area contributed by atoms with Crippen LogP contribution in [0, 0.1) is 11.6 Å². The van der Waals surface area contributed by atoms with Crippen LogP contribution in [-0.2, 0) is 4.79 Å². The number of nitrogens with zero attached hydrogens (tertiary/aromatic N) is 1. The average molecular weight is 503 g/mol. The monoisotopic (exact) mass is 502 g/mol. The number of unbranched alkanes of at least 4 members (excludes halogenated alkanes) is 1. The Kier molecular flexibility index (Phi) is 8.25. The molecule has 1 heterocycles. The Morgan fingerprint density at radius 3 is 2.59 bits per heavy atom. The van der Waals surface area contributed by atoms with E-state index in [1.807, 2.05) is 49.4 Å². The summed E-state index contributed by atoms with van der Waals surface area (Å²) in [4.78, 5) is 16.1. The summed E-state index contributed by atoms with van der Waals surface area (Å²) < 4.78 is 32.9. The molecule has 5 nitrogen and oxygen atoms in total. The fourth-order valence-electron chi connectivity index (χ4n) is 4.06. The Bertz CT molecular complexity index is 1440. The van der Waals surface area contributed by atoms with Gasteiger partial charge in [0.05, 0.1) is 17.3 Å². The molecule has 7 heteroatoms. The van der Waals surface area contributed by atoms with E-state index in [9.17, 15) is 18.7 Å². The van der Waals surface area contributed by atoms with Crippen molar-refractivity contribution in [2.24, 2.45) is 5.73 Å². The quantitative estimate of drug-likeness (QED) is 0.250. The number of nitrogens with two attached hydrogens (primary N) is 1. The van der Waals surface area contributed by atoms with Gasteiger partial charge in [0.15, 0.2) is 17.7 Å². The molecule has 190 valence electrons. The summed E-state index contributed by atoms with van der Waals surface area (Å²) in [7, 11) is 0. The summed E-state index contributed by atoms with van der Waals surface area (Å²) in [6.45, 7) is 2.00. The van der Waals surface area contributed by atoms with Crippen LogP contribution in [-0.4, -0.2) is 22.2 Å². The summed E-state index contributed by atoms with van der Waals surface area (Å²) in [5.74, 6) is -2.40. The Morgan fingerprint density at radius 1 is 1.03 bits per heavy atom. The maximum Gasteiger partial charge on any atom is 0.344 e. The van der Waals surface area contributed by atoms with Gasteiger partial charge in [0, 0.05) is 17.0 Å². The van der Waals surface area contributed by atoms with Crippen molar-refractivity contribution in [2.75, 3.05) is 0 Å². The zero-order chi connectivity index (χ0) is 26.4. The molecule has 37 heavy (non-hydrogen) atoms. The third-order valence-electron chi connectivity index (χ3n) is 6.09. The van der Waals surface area contributed by atoms with Crippen LogP contribution in [0.15, 0.2) is 72.8 Å². The molecule has 3 N–H and O–H groups in total. The second kappa shape index (κ2) is 11.8. The normalized spacial score (nSPS) is 13.1. The van der Waals surface area contributed by atoms with Crippen molar-refractivity contribution in [3.05, 3.63) is 107 Å². The molecule has 4 aromatic rings. The number of carboxylic acid groups (broad SMARTS) is 1. The Morgan fingerprint density at radius 2 is 1.81 bits per heavy atom. The summed E-state index contributed by atoms with van der Waals surface area (Å²) in [6, 6.07) is 19.9. The van der Waals surface area contributed by atoms with Crippen LogP contribution >= 0.6 is 0 Å². The molecule has 0 bridgehead atoms. The number of hydrogen-bond acceptors (Lipinski definition) is 4. The predicted octanol–water partition coefficient (Wildman–Crippen LogP) is 6.75. The average Bonchev–Trinajstić information content (AvgIpc) is 2.90. The standard InChI is InChI=1S/C30H28F2N2O3/c1-2-3-10-28(30(35)36)37-27-11-5-4-9-23(27)29(33)21-8-6-7-19(16-21)12-14-22-15-13-20-17-24(31)25(32)18-26(20)34-22/h4-9,11-18,28-29H,2-3,10,33H2,1H3,(H,35,36)/b14-12+. The largest absolute Gasteiger partial charge is 0.479 e. The Balaban J connectivity index is 1.56. The van der Waals surface area contributed by atoms with Crippen LogP contribution in [0.3, 0.4) is 0 Å². The number of aliphatic carboxylic acids is 1. The van der Waals surface area contributed by atoms with Crippen LogP contribution in [0.1, 0.15) is 54.6 Å². The molecule has 0 saturated carbocycles. The van der Waals surface area contributed by atoms with E-state index in [-0.39, 0.29) is 0 Å². The molecule has 3 aromatic carbocycles. The molecule has 0 aliphatic rings. The summed E-state index contributed by atoms with van der Waals surface area (Å²) in [5.41, 5.74) is 9.95. The highest BCUT2D eigenvalue weighted by Gasteiger charge is 2.22. The number of benzene rings is 3. The molecule has 0 radical (unpaired) electrons. The predicted molar refractivity (Wildman–Crippen MR) is 141 cm³/mol. The highest BCUT2D eigenvalue weighted by molar-refractivity contribution is 5.81. The number of ether oxygens (including phenoxy) is 1. The van der Waals surface area contributed by atoms with Crippen LogP contribution in [0.4, 0.5) is 8.78 Å². The lowest BCUT2D eigenvalue weighted by atomic mass is 9.97. The van der Waals surface area contributed by atoms with Gasteiger partial charge in [-0.1, -0.05) is 61.9 Å². The summed E-state index contributed by atoms with van der Waals surface area (Å²) >= 11 is 0. The van der Waals surface area contributed by atoms with Crippen LogP contribution in [0.2, 0.25) is 0 Å². The first-order chi connectivity index (χ1) is 17.9. The molecule has 0 fully saturated rings. The second-order valence-corrected chi connectivity index (χ2v) is 8.80. The van der Waals surface area contributed by atoms with Crippen molar-refractivity contribution in [1.82, 2.24) is 4.98 Å². The summed E-state index contributed by atoms with van der Waals surface area (Å²) in [5, 5.41) is 10.1. The lowest BCUT2D eigenvalue weighted by Gasteiger charge is -2.21. The maximum atomic E-state index is 13.6. The van der Waals surface area contributed by atoms with Crippen LogP contribution < -0.4 is 10.5 Å². The number of para-hydroxylation sites is 1. The molecule has 0 spiro atoms. The first kappa shape index (κ1) is 26.0. The minimum absolute atomic E-state index is 0.368. The highest BCUT2D eigenvalue weighted by atomic mass is 19.2. The zero-order valence-corrected chi connectivity index (χ0v) is 20.4. The molecule has 0 aliphatic carbocycles. The molecule has 1 aromatic heterocycles. The molecule has 4 rings (SSSR count). The van der Waals surface area contributed by atoms with E-state index in [1.165, 1.54) is 0 Å². The van der Waals surface area contributed by atoms with Gasteiger partial charge < -0.3 is 15.6 Å². The number of hydrogen-bond donors (Lipinski definition) is 2. The van der Waals surface area contributed by atoms with E-state index >= 15 is 0 Å². The van der Waals surface area contributed by atoms with Crippen LogP contribution in [0.25, 0.3) is 23.1 Å². The van der Waals surface area contributed by atoms with Crippen molar-refractivity contribution < 1.29 is 23.4 Å². The molecular formula is C30H28F2N2O3. The SMILES string of the molecule is CCCCC(Oc1ccccc1C(N)c1cccc(/C=C/c2ccc3cc(F)c(F)cc3n2)c1)C(=O)O. The zero-order valence-electron chi connectivity index (χ0n) is 20.4. The van der Waals surface area contributed by atoms with Crippen molar-refractivity contribution in [1.29, 1.82) is 0 Å². The fourth-order valence-corrected chi connectivity index (χ4v) is 4.06. The van der Waals surface area contributed by atoms with Gasteiger partial charge in [0.2, 0.25) is 0 Å². The second-order valence-electron chi connectivity index (χ2n) is 8.80. The van der Waals surface area contributed by atoms with E-state index in [1.54, 1.807) is 30.3 Å². The first-order valence-corrected chi connectivity index (χ1v) is 12.1. The van der Waals surface area contributed by atoms with E-state index in [4.69, 9.17) is 10.5 Å². The van der Waals surface area contributed by atoms with Gasteiger partial charge in [-0.05, 0) is 54.3 Å². The minimum atomic E-state index is -1.00. The maximum absolute atomic E-state index is 13.6. The van der Waals surface area contributed by atoms with Crippen molar-refractivity contribution in [2.45, 2.75) is 38.3 Å². The lowest BCUT2D eigenvalue weighted by Crippen LogP contribution is -2.28. The third kappa shape index (κ3) is 6.37. The Hall–Kier alpha value is -4.10. The molecule has 0 amide bonds.